The first-order chi connectivity index (χ1) is 9.65. The molecule has 20 heavy (non-hydrogen) atoms. The first kappa shape index (κ1) is 14.6. The third kappa shape index (κ3) is 3.18. The molecule has 1 aromatic heterocycles. The van der Waals surface area contributed by atoms with Crippen LogP contribution < -0.4 is 10.6 Å². The van der Waals surface area contributed by atoms with Crippen LogP contribution in [0.4, 0.5) is 0 Å². The molecule has 0 aliphatic heterocycles. The second-order valence-corrected chi connectivity index (χ2v) is 4.71. The summed E-state index contributed by atoms with van der Waals surface area (Å²) in [6.45, 7) is 3.65. The maximum absolute atomic E-state index is 11.6. The van der Waals surface area contributed by atoms with Crippen LogP contribution in [0.3, 0.4) is 0 Å². The monoisotopic (exact) mass is 292 g/mol. The number of amides is 1. The van der Waals surface area contributed by atoms with E-state index in [2.05, 4.69) is 15.7 Å². The first-order valence-electron chi connectivity index (χ1n) is 6.43. The average Bonchev–Trinajstić information content (AvgIpc) is 2.94. The third-order valence-corrected chi connectivity index (χ3v) is 3.14. The topological polar surface area (TPSA) is 59.0 Å². The molecule has 5 nitrogen and oxygen atoms in total. The van der Waals surface area contributed by atoms with E-state index in [0.717, 1.165) is 24.3 Å². The molecule has 1 aromatic carbocycles. The van der Waals surface area contributed by atoms with Crippen molar-refractivity contribution in [3.05, 3.63) is 46.7 Å². The Morgan fingerprint density at radius 3 is 2.90 bits per heavy atom. The van der Waals surface area contributed by atoms with Gasteiger partial charge in [0.15, 0.2) is 5.69 Å². The van der Waals surface area contributed by atoms with Crippen LogP contribution in [-0.2, 0) is 6.54 Å². The van der Waals surface area contributed by atoms with Crippen molar-refractivity contribution in [1.29, 1.82) is 0 Å². The molecule has 0 aliphatic carbocycles. The highest BCUT2D eigenvalue weighted by Crippen LogP contribution is 2.20. The van der Waals surface area contributed by atoms with Gasteiger partial charge in [0.25, 0.3) is 5.91 Å². The second-order valence-electron chi connectivity index (χ2n) is 4.28. The van der Waals surface area contributed by atoms with Crippen LogP contribution in [0.25, 0.3) is 5.69 Å². The lowest BCUT2D eigenvalue weighted by Crippen LogP contribution is -2.19. The lowest BCUT2D eigenvalue weighted by atomic mass is 10.2. The number of hydrogen-bond donors (Lipinski definition) is 2. The molecule has 0 atom stereocenters. The summed E-state index contributed by atoms with van der Waals surface area (Å²) in [5.74, 6) is -0.209. The van der Waals surface area contributed by atoms with Crippen LogP contribution in [0.5, 0.6) is 0 Å². The summed E-state index contributed by atoms with van der Waals surface area (Å²) in [5.41, 5.74) is 2.32. The zero-order valence-corrected chi connectivity index (χ0v) is 12.2. The van der Waals surface area contributed by atoms with Crippen molar-refractivity contribution in [2.24, 2.45) is 0 Å². The van der Waals surface area contributed by atoms with Gasteiger partial charge in [0, 0.05) is 24.8 Å². The van der Waals surface area contributed by atoms with Gasteiger partial charge >= 0.3 is 0 Å². The lowest BCUT2D eigenvalue weighted by molar-refractivity contribution is 0.0957. The zero-order chi connectivity index (χ0) is 14.5. The fourth-order valence-electron chi connectivity index (χ4n) is 1.87. The van der Waals surface area contributed by atoms with Crippen molar-refractivity contribution in [1.82, 2.24) is 20.4 Å². The molecule has 0 radical (unpaired) electrons. The first-order valence-corrected chi connectivity index (χ1v) is 6.80. The summed E-state index contributed by atoms with van der Waals surface area (Å²) in [6.07, 6.45) is 1.76. The molecule has 2 rings (SSSR count). The van der Waals surface area contributed by atoms with Crippen LogP contribution in [0.15, 0.2) is 30.5 Å². The quantitative estimate of drug-likeness (QED) is 0.886. The van der Waals surface area contributed by atoms with Crippen molar-refractivity contribution in [3.8, 4) is 5.69 Å². The highest BCUT2D eigenvalue weighted by Gasteiger charge is 2.11. The van der Waals surface area contributed by atoms with Crippen LogP contribution in [0, 0.1) is 0 Å². The molecule has 0 aliphatic rings. The van der Waals surface area contributed by atoms with E-state index in [-0.39, 0.29) is 5.91 Å². The molecule has 0 unspecified atom stereocenters. The summed E-state index contributed by atoms with van der Waals surface area (Å²) in [7, 11) is 1.58. The van der Waals surface area contributed by atoms with E-state index in [9.17, 15) is 4.79 Å². The Labute approximate surface area is 122 Å². The number of nitrogens with zero attached hydrogens (tertiary/aromatic N) is 2. The lowest BCUT2D eigenvalue weighted by Gasteiger charge is -2.10. The molecular weight excluding hydrogens is 276 g/mol. The van der Waals surface area contributed by atoms with Gasteiger partial charge < -0.3 is 10.6 Å². The van der Waals surface area contributed by atoms with Gasteiger partial charge in [0.05, 0.1) is 5.69 Å². The van der Waals surface area contributed by atoms with E-state index >= 15 is 0 Å². The molecule has 0 bridgehead atoms. The smallest absolute Gasteiger partial charge is 0.271 e. The minimum atomic E-state index is -0.209. The van der Waals surface area contributed by atoms with E-state index in [1.165, 1.54) is 0 Å². The summed E-state index contributed by atoms with van der Waals surface area (Å²) in [4.78, 5) is 11.6. The predicted molar refractivity (Wildman–Crippen MR) is 79.3 cm³/mol. The number of benzene rings is 1. The molecule has 6 heteroatoms. The minimum Gasteiger partial charge on any atom is -0.354 e. The van der Waals surface area contributed by atoms with Crippen LogP contribution >= 0.6 is 11.6 Å². The van der Waals surface area contributed by atoms with E-state index < -0.39 is 0 Å². The Kier molecular flexibility index (Phi) is 4.76. The third-order valence-electron chi connectivity index (χ3n) is 2.91. The van der Waals surface area contributed by atoms with Gasteiger partial charge in [0.1, 0.15) is 0 Å². The average molecular weight is 293 g/mol. The van der Waals surface area contributed by atoms with E-state index in [4.69, 9.17) is 11.6 Å². The molecule has 0 saturated heterocycles. The Bertz CT molecular complexity index is 609. The summed E-state index contributed by atoms with van der Waals surface area (Å²) >= 11 is 6.06. The number of carbonyl (C=O) groups excluding carboxylic acids is 1. The molecule has 106 valence electrons. The largest absolute Gasteiger partial charge is 0.354 e. The van der Waals surface area contributed by atoms with Crippen molar-refractivity contribution in [3.63, 3.8) is 0 Å². The number of rotatable bonds is 5. The molecule has 2 N–H and O–H groups in total. The highest BCUT2D eigenvalue weighted by molar-refractivity contribution is 6.30. The minimum absolute atomic E-state index is 0.209. The number of aromatic nitrogens is 2. The molecule has 1 heterocycles. The fourth-order valence-corrected chi connectivity index (χ4v) is 2.03. The van der Waals surface area contributed by atoms with E-state index in [1.807, 2.05) is 25.1 Å². The van der Waals surface area contributed by atoms with Gasteiger partial charge in [-0.3, -0.25) is 4.79 Å². The maximum atomic E-state index is 11.6. The van der Waals surface area contributed by atoms with Crippen LogP contribution in [0.2, 0.25) is 5.02 Å². The zero-order valence-electron chi connectivity index (χ0n) is 11.5. The van der Waals surface area contributed by atoms with Gasteiger partial charge in [-0.2, -0.15) is 5.10 Å². The summed E-state index contributed by atoms with van der Waals surface area (Å²) in [6, 6.07) is 7.33. The molecule has 2 aromatic rings. The van der Waals surface area contributed by atoms with Crippen molar-refractivity contribution in [2.45, 2.75) is 13.5 Å². The van der Waals surface area contributed by atoms with Crippen molar-refractivity contribution < 1.29 is 4.79 Å². The van der Waals surface area contributed by atoms with Crippen LogP contribution in [-0.4, -0.2) is 29.3 Å². The van der Waals surface area contributed by atoms with Gasteiger partial charge in [-0.15, -0.1) is 0 Å². The highest BCUT2D eigenvalue weighted by atomic mass is 35.5. The number of nitrogens with one attached hydrogen (secondary N) is 2. The Hall–Kier alpha value is -1.85. The number of hydrogen-bond acceptors (Lipinski definition) is 3. The molecule has 0 saturated carbocycles. The van der Waals surface area contributed by atoms with Crippen molar-refractivity contribution >= 4 is 17.5 Å². The number of carbonyl (C=O) groups is 1. The van der Waals surface area contributed by atoms with E-state index in [1.54, 1.807) is 24.0 Å². The van der Waals surface area contributed by atoms with Crippen LogP contribution in [0.1, 0.15) is 23.0 Å². The van der Waals surface area contributed by atoms with Gasteiger partial charge in [-0.25, -0.2) is 4.68 Å². The Morgan fingerprint density at radius 2 is 2.20 bits per heavy atom. The standard InChI is InChI=1S/C14H17ClN4O/c1-3-17-9-10-4-5-11(15)8-13(10)19-7-6-12(18-19)14(20)16-2/h4-8,17H,3,9H2,1-2H3,(H,16,20). The molecule has 1 amide bonds. The summed E-state index contributed by atoms with van der Waals surface area (Å²) in [5, 5.41) is 10.7. The molecular formula is C14H17ClN4O. The second kappa shape index (κ2) is 6.54. The summed E-state index contributed by atoms with van der Waals surface area (Å²) < 4.78 is 1.67. The molecule has 0 spiro atoms. The van der Waals surface area contributed by atoms with Gasteiger partial charge in [-0.05, 0) is 30.3 Å². The number of halogens is 1. The SMILES string of the molecule is CCNCc1ccc(Cl)cc1-n1ccc(C(=O)NC)n1. The molecule has 0 fully saturated rings. The maximum Gasteiger partial charge on any atom is 0.271 e. The van der Waals surface area contributed by atoms with Gasteiger partial charge in [0.2, 0.25) is 0 Å². The van der Waals surface area contributed by atoms with Gasteiger partial charge in [-0.1, -0.05) is 24.6 Å². The van der Waals surface area contributed by atoms with Crippen molar-refractivity contribution in [2.75, 3.05) is 13.6 Å². The predicted octanol–water partition coefficient (Wildman–Crippen LogP) is 1.99. The fraction of sp³-hybridized carbons (Fsp3) is 0.286. The normalized spacial score (nSPS) is 10.6. The van der Waals surface area contributed by atoms with E-state index in [0.29, 0.717) is 10.7 Å². The Morgan fingerprint density at radius 1 is 1.40 bits per heavy atom. The Balaban J connectivity index is 2.37.